The van der Waals surface area contributed by atoms with Crippen LogP contribution in [0.1, 0.15) is 57.4 Å². The number of aliphatic imine (C=N–C) groups is 1. The second kappa shape index (κ2) is 9.18. The molecule has 0 heterocycles. The average molecular weight is 316 g/mol. The van der Waals surface area contributed by atoms with E-state index in [1.165, 1.54) is 32.1 Å². The highest BCUT2D eigenvalue weighted by Crippen LogP contribution is 2.17. The minimum absolute atomic E-state index is 0.0548. The third-order valence-electron chi connectivity index (χ3n) is 4.10. The van der Waals surface area contributed by atoms with Crippen molar-refractivity contribution in [3.63, 3.8) is 0 Å². The third-order valence-corrected chi connectivity index (χ3v) is 4.10. The normalized spacial score (nSPS) is 16.1. The van der Waals surface area contributed by atoms with Crippen LogP contribution in [-0.2, 0) is 11.3 Å². The summed E-state index contributed by atoms with van der Waals surface area (Å²) in [5.74, 6) is 0.580. The second-order valence-electron chi connectivity index (χ2n) is 6.18. The molecule has 1 aromatic rings. The van der Waals surface area contributed by atoms with Gasteiger partial charge in [-0.3, -0.25) is 4.79 Å². The molecule has 0 spiro atoms. The Hall–Kier alpha value is -2.04. The maximum Gasteiger partial charge on any atom is 0.224 e. The van der Waals surface area contributed by atoms with Gasteiger partial charge < -0.3 is 16.4 Å². The van der Waals surface area contributed by atoms with E-state index in [-0.39, 0.29) is 5.91 Å². The van der Waals surface area contributed by atoms with E-state index >= 15 is 0 Å². The molecule has 5 nitrogen and oxygen atoms in total. The first-order valence-electron chi connectivity index (χ1n) is 8.62. The predicted octanol–water partition coefficient (Wildman–Crippen LogP) is 3.16. The molecular formula is C18H28N4O. The Morgan fingerprint density at radius 1 is 1.22 bits per heavy atom. The summed E-state index contributed by atoms with van der Waals surface area (Å²) < 4.78 is 0. The van der Waals surface area contributed by atoms with Gasteiger partial charge in [0.05, 0.1) is 6.54 Å². The zero-order valence-corrected chi connectivity index (χ0v) is 14.0. The Bertz CT molecular complexity index is 518. The summed E-state index contributed by atoms with van der Waals surface area (Å²) in [7, 11) is 0. The summed E-state index contributed by atoms with van der Waals surface area (Å²) in [4.78, 5) is 15.9. The van der Waals surface area contributed by atoms with Gasteiger partial charge in [-0.2, -0.15) is 0 Å². The Balaban J connectivity index is 1.80. The largest absolute Gasteiger partial charge is 0.370 e. The molecule has 0 unspecified atom stereocenters. The smallest absolute Gasteiger partial charge is 0.224 e. The zero-order chi connectivity index (χ0) is 16.5. The molecule has 5 heteroatoms. The molecule has 1 fully saturated rings. The third kappa shape index (κ3) is 6.30. The number of rotatable bonds is 6. The lowest BCUT2D eigenvalue weighted by Crippen LogP contribution is -2.41. The molecule has 2 rings (SSSR count). The molecule has 0 aromatic heterocycles. The van der Waals surface area contributed by atoms with E-state index in [1.807, 2.05) is 31.2 Å². The molecule has 4 N–H and O–H groups in total. The summed E-state index contributed by atoms with van der Waals surface area (Å²) in [6, 6.07) is 8.23. The first-order valence-corrected chi connectivity index (χ1v) is 8.62. The molecular weight excluding hydrogens is 288 g/mol. The van der Waals surface area contributed by atoms with Gasteiger partial charge in [-0.05, 0) is 37.0 Å². The Kier molecular flexibility index (Phi) is 6.91. The van der Waals surface area contributed by atoms with Gasteiger partial charge in [-0.15, -0.1) is 0 Å². The summed E-state index contributed by atoms with van der Waals surface area (Å²) in [6.45, 7) is 2.54. The monoisotopic (exact) mass is 316 g/mol. The fourth-order valence-electron chi connectivity index (χ4n) is 2.82. The molecule has 1 aromatic carbocycles. The van der Waals surface area contributed by atoms with Crippen LogP contribution in [-0.4, -0.2) is 17.9 Å². The van der Waals surface area contributed by atoms with Crippen LogP contribution in [0.25, 0.3) is 0 Å². The highest BCUT2D eigenvalue weighted by Gasteiger charge is 2.13. The quantitative estimate of drug-likeness (QED) is 0.557. The lowest BCUT2D eigenvalue weighted by Gasteiger charge is -2.23. The SMILES string of the molecule is CCCC(=O)Nc1ccc(CN=C(N)NC2CCCCC2)cc1. The van der Waals surface area contributed by atoms with Crippen molar-refractivity contribution in [1.29, 1.82) is 0 Å². The number of hydrogen-bond acceptors (Lipinski definition) is 2. The van der Waals surface area contributed by atoms with Crippen molar-refractivity contribution in [3.8, 4) is 0 Å². The lowest BCUT2D eigenvalue weighted by molar-refractivity contribution is -0.116. The van der Waals surface area contributed by atoms with Gasteiger partial charge in [-0.1, -0.05) is 38.3 Å². The van der Waals surface area contributed by atoms with Crippen molar-refractivity contribution in [1.82, 2.24) is 5.32 Å². The number of carbonyl (C=O) groups excluding carboxylic acids is 1. The van der Waals surface area contributed by atoms with Crippen LogP contribution in [0.3, 0.4) is 0 Å². The molecule has 0 bridgehead atoms. The van der Waals surface area contributed by atoms with E-state index in [0.29, 0.717) is 25.0 Å². The highest BCUT2D eigenvalue weighted by atomic mass is 16.1. The van der Waals surface area contributed by atoms with Crippen molar-refractivity contribution >= 4 is 17.6 Å². The van der Waals surface area contributed by atoms with Gasteiger partial charge in [0.15, 0.2) is 5.96 Å². The minimum atomic E-state index is 0.0548. The van der Waals surface area contributed by atoms with Crippen LogP contribution in [0.5, 0.6) is 0 Å². The molecule has 0 saturated heterocycles. The topological polar surface area (TPSA) is 79.5 Å². The molecule has 1 amide bonds. The molecule has 126 valence electrons. The number of benzene rings is 1. The van der Waals surface area contributed by atoms with Crippen molar-refractivity contribution in [2.45, 2.75) is 64.5 Å². The van der Waals surface area contributed by atoms with Crippen LogP contribution in [0.15, 0.2) is 29.3 Å². The van der Waals surface area contributed by atoms with Gasteiger partial charge in [0.25, 0.3) is 0 Å². The number of hydrogen-bond donors (Lipinski definition) is 3. The first-order chi connectivity index (χ1) is 11.2. The minimum Gasteiger partial charge on any atom is -0.370 e. The number of guanidine groups is 1. The standard InChI is InChI=1S/C18H28N4O/c1-2-6-17(23)21-16-11-9-14(10-12-16)13-20-18(19)22-15-7-4-3-5-8-15/h9-12,15H,2-8,13H2,1H3,(H,21,23)(H3,19,20,22). The van der Waals surface area contributed by atoms with Crippen molar-refractivity contribution in [2.24, 2.45) is 10.7 Å². The molecule has 1 aliphatic carbocycles. The second-order valence-corrected chi connectivity index (χ2v) is 6.18. The van der Waals surface area contributed by atoms with E-state index in [2.05, 4.69) is 15.6 Å². The molecule has 0 radical (unpaired) electrons. The molecule has 1 aliphatic rings. The number of nitrogens with two attached hydrogens (primary N) is 1. The summed E-state index contributed by atoms with van der Waals surface area (Å²) in [5.41, 5.74) is 7.86. The number of amides is 1. The van der Waals surface area contributed by atoms with Crippen molar-refractivity contribution in [2.75, 3.05) is 5.32 Å². The lowest BCUT2D eigenvalue weighted by atomic mass is 9.96. The molecule has 0 aliphatic heterocycles. The van der Waals surface area contributed by atoms with E-state index in [1.54, 1.807) is 0 Å². The number of anilines is 1. The van der Waals surface area contributed by atoms with Gasteiger partial charge in [0.1, 0.15) is 0 Å². The van der Waals surface area contributed by atoms with E-state index in [9.17, 15) is 4.79 Å². The summed E-state index contributed by atoms with van der Waals surface area (Å²) >= 11 is 0. The van der Waals surface area contributed by atoms with Crippen LogP contribution in [0.4, 0.5) is 5.69 Å². The van der Waals surface area contributed by atoms with E-state index < -0.39 is 0 Å². The Morgan fingerprint density at radius 3 is 2.57 bits per heavy atom. The zero-order valence-electron chi connectivity index (χ0n) is 14.0. The van der Waals surface area contributed by atoms with Crippen LogP contribution in [0, 0.1) is 0 Å². The Morgan fingerprint density at radius 2 is 1.91 bits per heavy atom. The van der Waals surface area contributed by atoms with Crippen LogP contribution < -0.4 is 16.4 Å². The average Bonchev–Trinajstić information content (AvgIpc) is 2.55. The molecule has 1 saturated carbocycles. The predicted molar refractivity (Wildman–Crippen MR) is 95.3 cm³/mol. The highest BCUT2D eigenvalue weighted by molar-refractivity contribution is 5.90. The fourth-order valence-corrected chi connectivity index (χ4v) is 2.82. The van der Waals surface area contributed by atoms with E-state index in [4.69, 9.17) is 5.73 Å². The van der Waals surface area contributed by atoms with Crippen LogP contribution in [0.2, 0.25) is 0 Å². The number of nitrogens with one attached hydrogen (secondary N) is 2. The molecule has 0 atom stereocenters. The maximum absolute atomic E-state index is 11.5. The van der Waals surface area contributed by atoms with Gasteiger partial charge in [0, 0.05) is 18.2 Å². The number of carbonyl (C=O) groups is 1. The Labute approximate surface area is 138 Å². The summed E-state index contributed by atoms with van der Waals surface area (Å²) in [5, 5.41) is 6.19. The van der Waals surface area contributed by atoms with Gasteiger partial charge in [-0.25, -0.2) is 4.99 Å². The summed E-state index contributed by atoms with van der Waals surface area (Å²) in [6.07, 6.45) is 7.65. The molecule has 23 heavy (non-hydrogen) atoms. The van der Waals surface area contributed by atoms with Gasteiger partial charge in [0.2, 0.25) is 5.91 Å². The van der Waals surface area contributed by atoms with Crippen LogP contribution >= 0.6 is 0 Å². The van der Waals surface area contributed by atoms with Crippen molar-refractivity contribution < 1.29 is 4.79 Å². The van der Waals surface area contributed by atoms with Gasteiger partial charge >= 0.3 is 0 Å². The van der Waals surface area contributed by atoms with E-state index in [0.717, 1.165) is 17.7 Å². The first kappa shape index (κ1) is 17.3. The fraction of sp³-hybridized carbons (Fsp3) is 0.556. The van der Waals surface area contributed by atoms with Crippen molar-refractivity contribution in [3.05, 3.63) is 29.8 Å². The number of nitrogens with zero attached hydrogens (tertiary/aromatic N) is 1. The maximum atomic E-state index is 11.5.